The van der Waals surface area contributed by atoms with Crippen molar-refractivity contribution in [3.8, 4) is 5.75 Å². The Balaban J connectivity index is 1.24. The number of imidazole rings is 1. The number of aliphatic hydroxyl groups is 1. The molecule has 32 nitrogen and oxygen atoms in total. The minimum absolute atomic E-state index is 0.00453. The number of carbonyl (C=O) groups excluding carboxylic acids is 11. The first kappa shape index (κ1) is 70.2. The maximum absolute atomic E-state index is 14.8. The molecule has 0 aliphatic carbocycles. The number of aliphatic hydroxyl groups excluding tert-OH is 1. The van der Waals surface area contributed by atoms with E-state index in [-0.39, 0.29) is 94.4 Å². The lowest BCUT2D eigenvalue weighted by atomic mass is 10.0. The molecule has 2 saturated heterocycles. The molecule has 12 amide bonds. The topological polar surface area (TPSA) is 496 Å². The highest BCUT2D eigenvalue weighted by molar-refractivity contribution is 5.99. The highest BCUT2D eigenvalue weighted by Crippen LogP contribution is 2.22. The number of hydrogen-bond acceptors (Lipinski definition) is 16. The first-order chi connectivity index (χ1) is 43.2. The molecule has 4 aromatic rings. The number of aromatic hydroxyl groups is 1. The number of nitrogens with one attached hydrogen (secondary N) is 12. The van der Waals surface area contributed by atoms with Gasteiger partial charge in [-0.05, 0) is 94.5 Å². The normalized spacial score (nSPS) is 17.0. The predicted octanol–water partition coefficient (Wildman–Crippen LogP) is -3.11. The second-order valence-electron chi connectivity index (χ2n) is 23.7. The molecule has 2 aliphatic rings. The molecule has 494 valence electrons. The van der Waals surface area contributed by atoms with Gasteiger partial charge in [-0.3, -0.25) is 58.4 Å². The highest BCUT2D eigenvalue weighted by atomic mass is 16.5. The Morgan fingerprint density at radius 1 is 0.725 bits per heavy atom. The number of nitrogens with zero attached hydrogens (tertiary/aromatic N) is 3. The molecule has 0 spiro atoms. The molecule has 9 atom stereocenters. The molecule has 91 heavy (non-hydrogen) atoms. The van der Waals surface area contributed by atoms with Gasteiger partial charge < -0.3 is 89.6 Å². The number of primary amides is 1. The summed E-state index contributed by atoms with van der Waals surface area (Å²) in [6.45, 7) is 7.28. The van der Waals surface area contributed by atoms with Gasteiger partial charge in [0.2, 0.25) is 53.2 Å². The van der Waals surface area contributed by atoms with E-state index in [1.165, 1.54) is 41.7 Å². The van der Waals surface area contributed by atoms with Gasteiger partial charge in [0.15, 0.2) is 5.96 Å². The van der Waals surface area contributed by atoms with Gasteiger partial charge in [0.05, 0.1) is 25.1 Å². The zero-order valence-corrected chi connectivity index (χ0v) is 51.4. The molecule has 0 unspecified atom stereocenters. The van der Waals surface area contributed by atoms with Gasteiger partial charge in [-0.1, -0.05) is 44.2 Å². The lowest BCUT2D eigenvalue weighted by Gasteiger charge is -2.31. The molecule has 2 aliphatic heterocycles. The Bertz CT molecular complexity index is 3240. The number of guanidine groups is 1. The number of aromatic amines is 2. The lowest BCUT2D eigenvalue weighted by Crippen LogP contribution is -2.62. The van der Waals surface area contributed by atoms with Crippen molar-refractivity contribution in [2.75, 3.05) is 26.3 Å². The second kappa shape index (κ2) is 33.1. The van der Waals surface area contributed by atoms with Crippen LogP contribution >= 0.6 is 0 Å². The Morgan fingerprint density at radius 3 is 1.95 bits per heavy atom. The summed E-state index contributed by atoms with van der Waals surface area (Å²) in [5.41, 5.74) is 21.6. The van der Waals surface area contributed by atoms with Crippen LogP contribution < -0.4 is 70.6 Å². The van der Waals surface area contributed by atoms with E-state index in [9.17, 15) is 63.0 Å². The number of hydrogen-bond donors (Lipinski definition) is 17. The van der Waals surface area contributed by atoms with Crippen molar-refractivity contribution < 1.29 is 67.7 Å². The van der Waals surface area contributed by atoms with Crippen molar-refractivity contribution in [1.82, 2.24) is 73.2 Å². The van der Waals surface area contributed by atoms with E-state index in [2.05, 4.69) is 67.9 Å². The summed E-state index contributed by atoms with van der Waals surface area (Å²) in [5, 5.41) is 42.8. The van der Waals surface area contributed by atoms with Crippen molar-refractivity contribution in [2.24, 2.45) is 28.1 Å². The number of rotatable bonds is 31. The number of para-hydroxylation sites is 1. The molecule has 4 heterocycles. The van der Waals surface area contributed by atoms with Crippen LogP contribution in [0.3, 0.4) is 0 Å². The number of hydrazine groups is 1. The van der Waals surface area contributed by atoms with Gasteiger partial charge in [-0.25, -0.2) is 15.2 Å². The number of carbonyl (C=O) groups is 11. The van der Waals surface area contributed by atoms with Gasteiger partial charge in [0.25, 0.3) is 5.91 Å². The van der Waals surface area contributed by atoms with Gasteiger partial charge in [-0.2, -0.15) is 0 Å². The summed E-state index contributed by atoms with van der Waals surface area (Å²) in [6.07, 6.45) is 4.91. The first-order valence-corrected chi connectivity index (χ1v) is 29.9. The summed E-state index contributed by atoms with van der Waals surface area (Å²) in [4.78, 5) is 167. The molecule has 2 aromatic heterocycles. The number of H-pyrrole nitrogens is 2. The van der Waals surface area contributed by atoms with Crippen molar-refractivity contribution >= 4 is 82.0 Å². The minimum Gasteiger partial charge on any atom is -0.508 e. The predicted molar refractivity (Wildman–Crippen MR) is 329 cm³/mol. The molecular weight excluding hydrogens is 1180 g/mol. The SMILES string of the molecule is CC(C)C[C@H](NC(=O)[C@@H](COC(C)(C)C)NC(=O)[C@H](Cc1ccc(O)cc1)NC(=O)[C@@H](CO)NC(=O)[C@H](Cc1c[nH]c2ccccc12)NC(=O)[C@H](Cc1cnc[nH]1)NC(=O)[C@@H]1CCC(=O)N1)C(=O)N[C@@H](CCCN=C(N)N)C(=O)N1CCC[C@H]1C(=O)NNC(N)=O. The summed E-state index contributed by atoms with van der Waals surface area (Å²) in [5.74, 6) is -8.58. The number of likely N-dealkylation sites (tertiary alicyclic amines) is 1. The van der Waals surface area contributed by atoms with Crippen LogP contribution in [0.4, 0.5) is 4.79 Å². The Labute approximate surface area is 524 Å². The molecule has 32 heteroatoms. The monoisotopic (exact) mass is 1270 g/mol. The summed E-state index contributed by atoms with van der Waals surface area (Å²) >= 11 is 0. The maximum Gasteiger partial charge on any atom is 0.330 e. The number of amides is 12. The van der Waals surface area contributed by atoms with E-state index in [1.54, 1.807) is 65.1 Å². The van der Waals surface area contributed by atoms with Crippen LogP contribution in [0.1, 0.15) is 96.4 Å². The smallest absolute Gasteiger partial charge is 0.330 e. The number of ether oxygens (including phenoxy) is 1. The molecule has 2 aromatic carbocycles. The Morgan fingerprint density at radius 2 is 1.33 bits per heavy atom. The summed E-state index contributed by atoms with van der Waals surface area (Å²) in [6, 6.07) is -0.716. The third-order valence-electron chi connectivity index (χ3n) is 14.8. The third kappa shape index (κ3) is 21.7. The van der Waals surface area contributed by atoms with Crippen molar-refractivity contribution in [2.45, 2.75) is 159 Å². The van der Waals surface area contributed by atoms with Gasteiger partial charge >= 0.3 is 6.03 Å². The molecule has 20 N–H and O–H groups in total. The van der Waals surface area contributed by atoms with Gasteiger partial charge in [0, 0.05) is 67.8 Å². The average Bonchev–Trinajstić information content (AvgIpc) is 1.85. The van der Waals surface area contributed by atoms with Crippen LogP contribution in [0.2, 0.25) is 0 Å². The van der Waals surface area contributed by atoms with E-state index in [4.69, 9.17) is 21.9 Å². The maximum atomic E-state index is 14.8. The number of benzene rings is 2. The van der Waals surface area contributed by atoms with Crippen molar-refractivity contribution in [3.63, 3.8) is 0 Å². The molecule has 0 bridgehead atoms. The van der Waals surface area contributed by atoms with Crippen LogP contribution in [0.15, 0.2) is 72.2 Å². The standard InChI is InChI=1S/C59H84N18O14/c1-31(2)22-40(49(82)68-39(12-8-20-64-57(60)61)56(89)77-21-9-13-46(77)55(88)75-76-58(62)90)69-54(87)45(29-91-59(3,4)5)74-50(83)41(23-32-14-16-35(79)17-15-32)70-53(86)44(28-78)73-51(84)42(24-33-26-65-37-11-7-6-10-36(33)37)71-52(85)43(25-34-27-63-30-66-34)72-48(81)38-18-19-47(80)67-38/h6-7,10-11,14-17,26-27,30-31,38-46,65,78-79H,8-9,12-13,18-25,28-29H2,1-5H3,(H,63,66)(H,67,80)(H,68,82)(H,69,87)(H,70,86)(H,71,85)(H,72,81)(H,73,84)(H,74,83)(H,75,88)(H4,60,61,64)(H3,62,76,90)/t38-,39-,40-,41-,42-,43-,44+,45+,46-/m0/s1. The highest BCUT2D eigenvalue weighted by Gasteiger charge is 2.40. The van der Waals surface area contributed by atoms with Crippen LogP contribution in [-0.2, 0) is 71.9 Å². The number of aliphatic imine (C=N–C) groups is 1. The molecule has 0 saturated carbocycles. The number of nitrogens with two attached hydrogens (primary N) is 3. The fourth-order valence-electron chi connectivity index (χ4n) is 10.2. The Hall–Kier alpha value is -9.85. The van der Waals surface area contributed by atoms with E-state index in [0.29, 0.717) is 34.1 Å². The number of aromatic nitrogens is 3. The molecular formula is C59H84N18O14. The number of phenolic OH excluding ortho intramolecular Hbond substituents is 1. The minimum atomic E-state index is -1.80. The number of phenols is 1. The third-order valence-corrected chi connectivity index (χ3v) is 14.8. The van der Waals surface area contributed by atoms with Crippen LogP contribution in [0, 0.1) is 5.92 Å². The van der Waals surface area contributed by atoms with Crippen LogP contribution in [0.25, 0.3) is 10.9 Å². The largest absolute Gasteiger partial charge is 0.508 e. The zero-order valence-electron chi connectivity index (χ0n) is 51.4. The molecule has 0 radical (unpaired) electrons. The molecule has 2 fully saturated rings. The van der Waals surface area contributed by atoms with E-state index >= 15 is 0 Å². The van der Waals surface area contributed by atoms with Crippen LogP contribution in [0.5, 0.6) is 5.75 Å². The summed E-state index contributed by atoms with van der Waals surface area (Å²) in [7, 11) is 0. The quantitative estimate of drug-likeness (QED) is 0.0103. The fraction of sp³-hybridized carbons (Fsp3) is 0.508. The van der Waals surface area contributed by atoms with Crippen molar-refractivity contribution in [3.05, 3.63) is 84.1 Å². The second-order valence-corrected chi connectivity index (χ2v) is 23.7. The van der Waals surface area contributed by atoms with E-state index in [1.807, 2.05) is 5.43 Å². The summed E-state index contributed by atoms with van der Waals surface area (Å²) < 4.78 is 6.03. The van der Waals surface area contributed by atoms with Gasteiger partial charge in [0.1, 0.15) is 60.1 Å². The first-order valence-electron chi connectivity index (χ1n) is 29.9. The Kier molecular flexibility index (Phi) is 25.6. The average molecular weight is 1270 g/mol. The number of urea groups is 1. The zero-order chi connectivity index (χ0) is 66.5. The fourth-order valence-corrected chi connectivity index (χ4v) is 10.2. The lowest BCUT2D eigenvalue weighted by molar-refractivity contribution is -0.142. The number of fused-ring (bicyclic) bond motifs is 1. The van der Waals surface area contributed by atoms with E-state index < -0.39 is 132 Å². The van der Waals surface area contributed by atoms with Crippen molar-refractivity contribution in [1.29, 1.82) is 0 Å². The van der Waals surface area contributed by atoms with Gasteiger partial charge in [-0.15, -0.1) is 0 Å². The van der Waals surface area contributed by atoms with E-state index in [0.717, 1.165) is 0 Å². The van der Waals surface area contributed by atoms with Crippen LogP contribution in [-0.4, -0.2) is 187 Å². The molecule has 6 rings (SSSR count).